The summed E-state index contributed by atoms with van der Waals surface area (Å²) in [6, 6.07) is 0. The van der Waals surface area contributed by atoms with Gasteiger partial charge in [-0.1, -0.05) is 5.57 Å². The van der Waals surface area contributed by atoms with Gasteiger partial charge >= 0.3 is 0 Å². The number of likely N-dealkylation sites (N-methyl/N-ethyl adjacent to an activating group) is 2. The third-order valence-corrected chi connectivity index (χ3v) is 2.68. The van der Waals surface area contributed by atoms with Gasteiger partial charge < -0.3 is 4.90 Å². The van der Waals surface area contributed by atoms with Crippen LogP contribution in [0.1, 0.15) is 6.42 Å². The summed E-state index contributed by atoms with van der Waals surface area (Å²) in [5.41, 5.74) is 3.40. The molecule has 13 heavy (non-hydrogen) atoms. The smallest absolute Gasteiger partial charge is 0.0209 e. The first-order valence-corrected chi connectivity index (χ1v) is 4.32. The second-order valence-corrected chi connectivity index (χ2v) is 3.87. The Bertz CT molecular complexity index is 204. The number of halogens is 2. The SMILES string of the molecule is Br.Br.CN1CCC2=C(C1)CN(C)C2. The predicted octanol–water partition coefficient (Wildman–Crippen LogP) is 1.72. The van der Waals surface area contributed by atoms with E-state index in [1.54, 1.807) is 11.1 Å². The van der Waals surface area contributed by atoms with Crippen molar-refractivity contribution in [3.05, 3.63) is 11.1 Å². The van der Waals surface area contributed by atoms with Crippen molar-refractivity contribution < 1.29 is 0 Å². The first-order chi connectivity index (χ1) is 5.25. The lowest BCUT2D eigenvalue weighted by molar-refractivity contribution is 0.348. The Balaban J connectivity index is 0.000000720. The number of nitrogens with zero attached hydrogens (tertiary/aromatic N) is 2. The molecule has 0 radical (unpaired) electrons. The Morgan fingerprint density at radius 3 is 2.08 bits per heavy atom. The van der Waals surface area contributed by atoms with Crippen molar-refractivity contribution in [3.8, 4) is 0 Å². The van der Waals surface area contributed by atoms with E-state index in [1.807, 2.05) is 0 Å². The maximum Gasteiger partial charge on any atom is 0.0209 e. The average Bonchev–Trinajstić information content (AvgIpc) is 2.27. The molecule has 78 valence electrons. The zero-order chi connectivity index (χ0) is 7.84. The van der Waals surface area contributed by atoms with Gasteiger partial charge in [0, 0.05) is 26.2 Å². The highest BCUT2D eigenvalue weighted by atomic mass is 79.9. The quantitative estimate of drug-likeness (QED) is 0.628. The van der Waals surface area contributed by atoms with E-state index in [0.717, 1.165) is 0 Å². The van der Waals surface area contributed by atoms with Crippen LogP contribution in [0.2, 0.25) is 0 Å². The van der Waals surface area contributed by atoms with Crippen LogP contribution >= 0.6 is 34.0 Å². The van der Waals surface area contributed by atoms with Crippen LogP contribution < -0.4 is 0 Å². The second-order valence-electron chi connectivity index (χ2n) is 3.87. The summed E-state index contributed by atoms with van der Waals surface area (Å²) >= 11 is 0. The number of hydrogen-bond donors (Lipinski definition) is 0. The third kappa shape index (κ3) is 3.05. The third-order valence-electron chi connectivity index (χ3n) is 2.68. The van der Waals surface area contributed by atoms with Crippen LogP contribution in [0.15, 0.2) is 11.1 Å². The van der Waals surface area contributed by atoms with Crippen LogP contribution in [-0.2, 0) is 0 Å². The summed E-state index contributed by atoms with van der Waals surface area (Å²) in [5.74, 6) is 0. The van der Waals surface area contributed by atoms with Gasteiger partial charge in [0.15, 0.2) is 0 Å². The summed E-state index contributed by atoms with van der Waals surface area (Å²) in [6.45, 7) is 4.90. The van der Waals surface area contributed by atoms with Gasteiger partial charge in [-0.05, 0) is 26.1 Å². The maximum absolute atomic E-state index is 2.41. The van der Waals surface area contributed by atoms with E-state index in [1.165, 1.54) is 32.6 Å². The lowest BCUT2D eigenvalue weighted by atomic mass is 10.0. The minimum atomic E-state index is 0. The Morgan fingerprint density at radius 2 is 1.38 bits per heavy atom. The summed E-state index contributed by atoms with van der Waals surface area (Å²) < 4.78 is 0. The van der Waals surface area contributed by atoms with Crippen LogP contribution in [0.4, 0.5) is 0 Å². The van der Waals surface area contributed by atoms with Gasteiger partial charge in [0.05, 0.1) is 0 Å². The predicted molar refractivity (Wildman–Crippen MR) is 67.3 cm³/mol. The first-order valence-electron chi connectivity index (χ1n) is 4.32. The van der Waals surface area contributed by atoms with Crippen LogP contribution in [0.5, 0.6) is 0 Å². The highest BCUT2D eigenvalue weighted by molar-refractivity contribution is 8.93. The molecule has 0 bridgehead atoms. The molecule has 0 aromatic carbocycles. The number of hydrogen-bond acceptors (Lipinski definition) is 2. The minimum absolute atomic E-state index is 0. The van der Waals surface area contributed by atoms with Crippen LogP contribution in [0.3, 0.4) is 0 Å². The number of rotatable bonds is 0. The summed E-state index contributed by atoms with van der Waals surface area (Å²) in [5, 5.41) is 0. The maximum atomic E-state index is 2.41. The molecule has 0 atom stereocenters. The van der Waals surface area contributed by atoms with E-state index in [9.17, 15) is 0 Å². The molecule has 4 heteroatoms. The molecule has 0 N–H and O–H groups in total. The molecule has 0 saturated heterocycles. The van der Waals surface area contributed by atoms with Gasteiger partial charge in [0.1, 0.15) is 0 Å². The molecule has 0 aromatic rings. The van der Waals surface area contributed by atoms with E-state index < -0.39 is 0 Å². The Labute approximate surface area is 102 Å². The molecular formula is C9H18Br2N2. The lowest BCUT2D eigenvalue weighted by Gasteiger charge is -2.23. The first kappa shape index (κ1) is 13.6. The molecule has 0 amide bonds. The largest absolute Gasteiger partial charge is 0.302 e. The fourth-order valence-electron chi connectivity index (χ4n) is 2.08. The molecule has 0 aliphatic carbocycles. The van der Waals surface area contributed by atoms with Gasteiger partial charge in [-0.25, -0.2) is 0 Å². The van der Waals surface area contributed by atoms with Gasteiger partial charge in [0.25, 0.3) is 0 Å². The normalized spacial score (nSPS) is 23.5. The zero-order valence-corrected chi connectivity index (χ0v) is 11.7. The molecule has 0 saturated carbocycles. The molecule has 0 aromatic heterocycles. The summed E-state index contributed by atoms with van der Waals surface area (Å²) in [6.07, 6.45) is 1.30. The van der Waals surface area contributed by atoms with Crippen LogP contribution in [-0.4, -0.2) is 50.1 Å². The monoisotopic (exact) mass is 312 g/mol. The van der Waals surface area contributed by atoms with Crippen LogP contribution in [0, 0.1) is 0 Å². The standard InChI is InChI=1S/C9H16N2.2BrH/c1-10-4-3-8-5-11(2)7-9(8)6-10;;/h3-7H2,1-2H3;2*1H. The van der Waals surface area contributed by atoms with E-state index in [2.05, 4.69) is 23.9 Å². The van der Waals surface area contributed by atoms with Gasteiger partial charge in [0.2, 0.25) is 0 Å². The van der Waals surface area contributed by atoms with E-state index in [4.69, 9.17) is 0 Å². The second kappa shape index (κ2) is 5.49. The summed E-state index contributed by atoms with van der Waals surface area (Å²) in [4.78, 5) is 4.82. The average molecular weight is 314 g/mol. The fourth-order valence-corrected chi connectivity index (χ4v) is 2.08. The molecule has 2 aliphatic heterocycles. The molecule has 0 spiro atoms. The highest BCUT2D eigenvalue weighted by Crippen LogP contribution is 2.23. The van der Waals surface area contributed by atoms with Gasteiger partial charge in [-0.2, -0.15) is 0 Å². The molecule has 2 aliphatic rings. The molecule has 2 heterocycles. The minimum Gasteiger partial charge on any atom is -0.302 e. The van der Waals surface area contributed by atoms with Gasteiger partial charge in [-0.3, -0.25) is 4.90 Å². The van der Waals surface area contributed by atoms with E-state index >= 15 is 0 Å². The Hall–Kier alpha value is 0.620. The Morgan fingerprint density at radius 1 is 0.846 bits per heavy atom. The van der Waals surface area contributed by atoms with E-state index in [0.29, 0.717) is 0 Å². The van der Waals surface area contributed by atoms with Crippen molar-refractivity contribution in [2.75, 3.05) is 40.3 Å². The molecule has 2 rings (SSSR count). The Kier molecular flexibility index (Phi) is 5.75. The fraction of sp³-hybridized carbons (Fsp3) is 0.778. The van der Waals surface area contributed by atoms with E-state index in [-0.39, 0.29) is 34.0 Å². The highest BCUT2D eigenvalue weighted by Gasteiger charge is 2.22. The molecule has 0 unspecified atom stereocenters. The van der Waals surface area contributed by atoms with Crippen molar-refractivity contribution in [1.82, 2.24) is 9.80 Å². The van der Waals surface area contributed by atoms with Crippen molar-refractivity contribution in [2.45, 2.75) is 6.42 Å². The topological polar surface area (TPSA) is 6.48 Å². The van der Waals surface area contributed by atoms with Crippen LogP contribution in [0.25, 0.3) is 0 Å². The van der Waals surface area contributed by atoms with Crippen molar-refractivity contribution >= 4 is 34.0 Å². The van der Waals surface area contributed by atoms with Crippen molar-refractivity contribution in [1.29, 1.82) is 0 Å². The van der Waals surface area contributed by atoms with Gasteiger partial charge in [-0.15, -0.1) is 34.0 Å². The van der Waals surface area contributed by atoms with Crippen molar-refractivity contribution in [2.24, 2.45) is 0 Å². The molecule has 2 nitrogen and oxygen atoms in total. The summed E-state index contributed by atoms with van der Waals surface area (Å²) in [7, 11) is 4.42. The molecule has 0 fully saturated rings. The van der Waals surface area contributed by atoms with Crippen molar-refractivity contribution in [3.63, 3.8) is 0 Å². The molecular weight excluding hydrogens is 296 g/mol. The zero-order valence-electron chi connectivity index (χ0n) is 8.25. The lowest BCUT2D eigenvalue weighted by Crippen LogP contribution is -2.27.